The summed E-state index contributed by atoms with van der Waals surface area (Å²) in [6.07, 6.45) is -1.62. The topological polar surface area (TPSA) is 169 Å². The molecule has 29 heavy (non-hydrogen) atoms. The predicted molar refractivity (Wildman–Crippen MR) is 98.8 cm³/mol. The molecule has 1 aromatic carbocycles. The molecule has 4 atom stereocenters. The van der Waals surface area contributed by atoms with Crippen molar-refractivity contribution in [2.75, 3.05) is 11.9 Å². The minimum Gasteiger partial charge on any atom is -0.394 e. The lowest BCUT2D eigenvalue weighted by molar-refractivity contribution is -0.384. The summed E-state index contributed by atoms with van der Waals surface area (Å²) in [4.78, 5) is 22.9. The lowest BCUT2D eigenvalue weighted by Gasteiger charge is -2.16. The Balaban J connectivity index is 1.55. The molecule has 2 aromatic heterocycles. The highest BCUT2D eigenvalue weighted by Gasteiger charge is 2.44. The largest absolute Gasteiger partial charge is 0.394 e. The number of hydrogen-bond donors (Lipinski definition) is 4. The van der Waals surface area contributed by atoms with Gasteiger partial charge in [0.2, 0.25) is 0 Å². The number of aliphatic hydroxyl groups excluding tert-OH is 3. The molecule has 0 saturated carbocycles. The fraction of sp³-hybridized carbons (Fsp3) is 0.353. The number of nitro benzene ring substituents is 1. The van der Waals surface area contributed by atoms with Crippen LogP contribution in [-0.2, 0) is 11.3 Å². The highest BCUT2D eigenvalue weighted by molar-refractivity contribution is 5.82. The summed E-state index contributed by atoms with van der Waals surface area (Å²) in [6.45, 7) is -0.0802. The third-order valence-electron chi connectivity index (χ3n) is 4.76. The zero-order valence-corrected chi connectivity index (χ0v) is 15.0. The summed E-state index contributed by atoms with van der Waals surface area (Å²) in [7, 11) is 0. The van der Waals surface area contributed by atoms with Crippen molar-refractivity contribution in [1.82, 2.24) is 19.5 Å². The number of imidazole rings is 1. The maximum atomic E-state index is 10.7. The number of aromatic nitrogens is 4. The number of benzene rings is 1. The van der Waals surface area contributed by atoms with Crippen molar-refractivity contribution in [2.45, 2.75) is 31.1 Å². The molecule has 3 heterocycles. The van der Waals surface area contributed by atoms with E-state index in [1.54, 1.807) is 12.1 Å². The first-order valence-corrected chi connectivity index (χ1v) is 8.76. The molecule has 12 heteroatoms. The second kappa shape index (κ2) is 7.67. The molecule has 1 aliphatic heterocycles. The summed E-state index contributed by atoms with van der Waals surface area (Å²) in [5.41, 5.74) is 1.62. The van der Waals surface area contributed by atoms with Crippen LogP contribution >= 0.6 is 0 Å². The van der Waals surface area contributed by atoms with E-state index in [1.165, 1.54) is 29.4 Å². The van der Waals surface area contributed by atoms with Gasteiger partial charge in [-0.25, -0.2) is 15.0 Å². The van der Waals surface area contributed by atoms with Crippen LogP contribution in [0.3, 0.4) is 0 Å². The van der Waals surface area contributed by atoms with Gasteiger partial charge in [0.05, 0.1) is 17.9 Å². The average molecular weight is 402 g/mol. The van der Waals surface area contributed by atoms with Gasteiger partial charge in [0.1, 0.15) is 24.6 Å². The van der Waals surface area contributed by atoms with E-state index in [0.29, 0.717) is 23.5 Å². The fourth-order valence-electron chi connectivity index (χ4n) is 3.20. The molecule has 0 spiro atoms. The van der Waals surface area contributed by atoms with Crippen molar-refractivity contribution >= 4 is 22.7 Å². The number of nitrogens with one attached hydrogen (secondary N) is 1. The maximum absolute atomic E-state index is 10.7. The number of non-ortho nitro benzene ring substituents is 1. The minimum atomic E-state index is -1.25. The van der Waals surface area contributed by atoms with Crippen LogP contribution in [0.4, 0.5) is 11.5 Å². The normalized spacial score (nSPS) is 24.1. The van der Waals surface area contributed by atoms with Gasteiger partial charge in [-0.05, 0) is 5.56 Å². The Morgan fingerprint density at radius 1 is 1.17 bits per heavy atom. The Labute approximate surface area is 163 Å². The highest BCUT2D eigenvalue weighted by atomic mass is 16.6. The molecule has 4 unspecified atom stereocenters. The van der Waals surface area contributed by atoms with Crippen LogP contribution in [0.15, 0.2) is 36.9 Å². The molecular formula is C17H18N6O6. The van der Waals surface area contributed by atoms with E-state index in [1.807, 2.05) is 0 Å². The van der Waals surface area contributed by atoms with Crippen LogP contribution in [0.25, 0.3) is 11.2 Å². The number of aliphatic hydroxyl groups is 3. The number of hydrogen-bond acceptors (Lipinski definition) is 10. The fourth-order valence-corrected chi connectivity index (χ4v) is 3.20. The van der Waals surface area contributed by atoms with Crippen molar-refractivity contribution in [2.24, 2.45) is 0 Å². The zero-order chi connectivity index (χ0) is 20.5. The van der Waals surface area contributed by atoms with Crippen molar-refractivity contribution in [3.63, 3.8) is 0 Å². The molecular weight excluding hydrogens is 384 g/mol. The maximum Gasteiger partial charge on any atom is 0.269 e. The highest BCUT2D eigenvalue weighted by Crippen LogP contribution is 2.32. The van der Waals surface area contributed by atoms with E-state index in [4.69, 9.17) is 4.74 Å². The minimum absolute atomic E-state index is 0.00964. The first-order chi connectivity index (χ1) is 14.0. The molecule has 4 N–H and O–H groups in total. The molecule has 0 radical (unpaired) electrons. The first-order valence-electron chi connectivity index (χ1n) is 8.76. The second-order valence-electron chi connectivity index (χ2n) is 6.55. The molecule has 0 aliphatic carbocycles. The van der Waals surface area contributed by atoms with Gasteiger partial charge < -0.3 is 25.4 Å². The van der Waals surface area contributed by atoms with E-state index in [0.717, 1.165) is 5.56 Å². The van der Waals surface area contributed by atoms with Crippen molar-refractivity contribution in [3.05, 3.63) is 52.6 Å². The van der Waals surface area contributed by atoms with Gasteiger partial charge in [-0.2, -0.15) is 0 Å². The molecule has 1 fully saturated rings. The first kappa shape index (κ1) is 19.1. The van der Waals surface area contributed by atoms with Crippen molar-refractivity contribution < 1.29 is 25.0 Å². The van der Waals surface area contributed by atoms with Crippen LogP contribution in [0, 0.1) is 10.1 Å². The Morgan fingerprint density at radius 2 is 1.93 bits per heavy atom. The molecule has 1 aliphatic rings. The molecule has 152 valence electrons. The van der Waals surface area contributed by atoms with Crippen molar-refractivity contribution in [3.8, 4) is 0 Å². The van der Waals surface area contributed by atoms with E-state index >= 15 is 0 Å². The Bertz CT molecular complexity index is 1020. The van der Waals surface area contributed by atoms with Crippen LogP contribution < -0.4 is 5.32 Å². The molecule has 4 rings (SSSR count). The summed E-state index contributed by atoms with van der Waals surface area (Å²) in [5.74, 6) is 0.429. The van der Waals surface area contributed by atoms with E-state index in [9.17, 15) is 25.4 Å². The SMILES string of the molecule is O=[N+]([O-])c1ccc(CNc2ncnc3c2ncn3C2OC(CO)C(O)C2O)cc1. The summed E-state index contributed by atoms with van der Waals surface area (Å²) < 4.78 is 6.99. The number of ether oxygens (including phenoxy) is 1. The molecule has 3 aromatic rings. The third-order valence-corrected chi connectivity index (χ3v) is 4.76. The molecule has 12 nitrogen and oxygen atoms in total. The van der Waals surface area contributed by atoms with E-state index < -0.39 is 36.1 Å². The van der Waals surface area contributed by atoms with Gasteiger partial charge in [0.15, 0.2) is 23.2 Å². The van der Waals surface area contributed by atoms with Gasteiger partial charge in [0, 0.05) is 18.7 Å². The monoisotopic (exact) mass is 402 g/mol. The van der Waals surface area contributed by atoms with E-state index in [2.05, 4.69) is 20.3 Å². The van der Waals surface area contributed by atoms with Gasteiger partial charge >= 0.3 is 0 Å². The number of anilines is 1. The van der Waals surface area contributed by atoms with Crippen LogP contribution in [0.2, 0.25) is 0 Å². The zero-order valence-electron chi connectivity index (χ0n) is 15.0. The molecule has 0 amide bonds. The van der Waals surface area contributed by atoms with Gasteiger partial charge in [-0.3, -0.25) is 14.7 Å². The Kier molecular flexibility index (Phi) is 5.07. The summed E-state index contributed by atoms with van der Waals surface area (Å²) in [6, 6.07) is 6.12. The van der Waals surface area contributed by atoms with Crippen LogP contribution in [0.1, 0.15) is 11.8 Å². The summed E-state index contributed by atoms with van der Waals surface area (Å²) in [5, 5.41) is 43.3. The number of nitro groups is 1. The van der Waals surface area contributed by atoms with E-state index in [-0.39, 0.29) is 5.69 Å². The Hall–Kier alpha value is -3.19. The number of nitrogens with zero attached hydrogens (tertiary/aromatic N) is 5. The lowest BCUT2D eigenvalue weighted by atomic mass is 10.1. The standard InChI is InChI=1S/C17H18N6O6/c24-6-11-13(25)14(26)17(29-11)22-8-21-12-15(19-7-20-16(12)22)18-5-9-1-3-10(4-2-9)23(27)28/h1-4,7-8,11,13-14,17,24-26H,5-6H2,(H,18,19,20). The molecule has 0 bridgehead atoms. The smallest absolute Gasteiger partial charge is 0.269 e. The average Bonchev–Trinajstić information content (AvgIpc) is 3.28. The quantitative estimate of drug-likeness (QED) is 0.324. The number of rotatable bonds is 6. The van der Waals surface area contributed by atoms with Gasteiger partial charge in [-0.1, -0.05) is 12.1 Å². The van der Waals surface area contributed by atoms with Gasteiger partial charge in [-0.15, -0.1) is 0 Å². The van der Waals surface area contributed by atoms with Crippen LogP contribution in [0.5, 0.6) is 0 Å². The number of fused-ring (bicyclic) bond motifs is 1. The van der Waals surface area contributed by atoms with Gasteiger partial charge in [0.25, 0.3) is 5.69 Å². The lowest BCUT2D eigenvalue weighted by Crippen LogP contribution is -2.33. The summed E-state index contributed by atoms with van der Waals surface area (Å²) >= 11 is 0. The molecule has 1 saturated heterocycles. The Morgan fingerprint density at radius 3 is 2.59 bits per heavy atom. The van der Waals surface area contributed by atoms with Crippen LogP contribution in [-0.4, -0.2) is 64.7 Å². The third kappa shape index (κ3) is 3.49. The second-order valence-corrected chi connectivity index (χ2v) is 6.55. The van der Waals surface area contributed by atoms with Crippen molar-refractivity contribution in [1.29, 1.82) is 0 Å². The predicted octanol–water partition coefficient (Wildman–Crippen LogP) is -0.0419.